The van der Waals surface area contributed by atoms with E-state index in [9.17, 15) is 9.36 Å². The molecule has 0 aliphatic heterocycles. The molecule has 0 bridgehead atoms. The summed E-state index contributed by atoms with van der Waals surface area (Å²) in [5.74, 6) is -0.234. The predicted molar refractivity (Wildman–Crippen MR) is 135 cm³/mol. The molecule has 0 spiro atoms. The first-order valence-corrected chi connectivity index (χ1v) is 13.6. The topological polar surface area (TPSA) is 156 Å². The summed E-state index contributed by atoms with van der Waals surface area (Å²) < 4.78 is 31.9. The molecule has 2 heterocycles. The minimum Gasteiger partial charge on any atom is -0.464 e. The average molecular weight is 512 g/mol. The molecule has 13 heteroatoms. The Morgan fingerprint density at radius 2 is 2.00 bits per heavy atom. The van der Waals surface area contributed by atoms with Gasteiger partial charge in [0.1, 0.15) is 23.7 Å². The van der Waals surface area contributed by atoms with Gasteiger partial charge in [0.05, 0.1) is 31.3 Å². The van der Waals surface area contributed by atoms with Gasteiger partial charge in [-0.1, -0.05) is 31.3 Å². The number of hydrogen-bond acceptors (Lipinski definition) is 10. The van der Waals surface area contributed by atoms with Crippen LogP contribution < -0.4 is 10.8 Å². The van der Waals surface area contributed by atoms with E-state index in [2.05, 4.69) is 32.1 Å². The molecular weight excluding hydrogens is 473 g/mol. The van der Waals surface area contributed by atoms with E-state index in [0.29, 0.717) is 30.0 Å². The lowest BCUT2D eigenvalue weighted by Crippen LogP contribution is -2.47. The largest absolute Gasteiger partial charge is 0.464 e. The van der Waals surface area contributed by atoms with Gasteiger partial charge in [-0.05, 0) is 41.0 Å². The van der Waals surface area contributed by atoms with E-state index >= 15 is 0 Å². The number of oxime groups is 1. The number of nitrogens with two attached hydrogens (primary N) is 1. The Balaban J connectivity index is 2.03. The predicted octanol–water partition coefficient (Wildman–Crippen LogP) is 3.87. The number of imidazole rings is 1. The monoisotopic (exact) mass is 511 g/mol. The first kappa shape index (κ1) is 28.7. The standard InChI is InChI=1S/C22H38N7O5P/c1-7-8-9-10-11-32-21(30)22(5,6)28-35(31,34-27-16(2)3)15-33-17(4)12-29-14-26-18-19(23)24-13-25-20(18)29/h13-14,17H,7-12,15H2,1-6H3,(H,28,31)(H2,23,24,25)/t17-,35+/m1/s1. The summed E-state index contributed by atoms with van der Waals surface area (Å²) in [7, 11) is -3.73. The van der Waals surface area contributed by atoms with E-state index in [0.717, 1.165) is 25.7 Å². The summed E-state index contributed by atoms with van der Waals surface area (Å²) in [5, 5.41) is 6.65. The molecule has 0 saturated heterocycles. The SMILES string of the molecule is CCCCCCOC(=O)C(C)(C)N[P@](=O)(CO[C@H](C)Cn1cnc2c(N)ncnc21)ON=C(C)C. The molecular formula is C22H38N7O5P. The molecule has 0 unspecified atom stereocenters. The fourth-order valence-corrected chi connectivity index (χ4v) is 5.00. The number of nitrogen functional groups attached to an aromatic ring is 1. The van der Waals surface area contributed by atoms with E-state index in [1.54, 1.807) is 38.6 Å². The van der Waals surface area contributed by atoms with Gasteiger partial charge in [0, 0.05) is 0 Å². The van der Waals surface area contributed by atoms with Gasteiger partial charge in [0.15, 0.2) is 11.5 Å². The van der Waals surface area contributed by atoms with Crippen LogP contribution in [0.15, 0.2) is 17.8 Å². The highest BCUT2D eigenvalue weighted by molar-refractivity contribution is 7.56. The third kappa shape index (κ3) is 8.87. The second kappa shape index (κ2) is 12.9. The molecule has 35 heavy (non-hydrogen) atoms. The van der Waals surface area contributed by atoms with Crippen molar-refractivity contribution in [2.45, 2.75) is 85.4 Å². The van der Waals surface area contributed by atoms with Gasteiger partial charge in [0.25, 0.3) is 0 Å². The summed E-state index contributed by atoms with van der Waals surface area (Å²) in [6.07, 6.45) is 6.18. The molecule has 2 atom stereocenters. The number of anilines is 1. The molecule has 0 fully saturated rings. The Morgan fingerprint density at radius 3 is 2.69 bits per heavy atom. The molecule has 0 aliphatic carbocycles. The highest BCUT2D eigenvalue weighted by Gasteiger charge is 2.39. The van der Waals surface area contributed by atoms with Crippen LogP contribution >= 0.6 is 7.52 Å². The molecule has 0 amide bonds. The molecule has 3 N–H and O–H groups in total. The fraction of sp³-hybridized carbons (Fsp3) is 0.682. The van der Waals surface area contributed by atoms with Gasteiger partial charge < -0.3 is 24.4 Å². The number of nitrogens with one attached hydrogen (secondary N) is 1. The Morgan fingerprint density at radius 1 is 1.26 bits per heavy atom. The summed E-state index contributed by atoms with van der Waals surface area (Å²) >= 11 is 0. The van der Waals surface area contributed by atoms with Crippen LogP contribution in [0.2, 0.25) is 0 Å². The van der Waals surface area contributed by atoms with Crippen LogP contribution in [0.3, 0.4) is 0 Å². The van der Waals surface area contributed by atoms with Gasteiger partial charge >= 0.3 is 13.5 Å². The number of ether oxygens (including phenoxy) is 2. The van der Waals surface area contributed by atoms with Gasteiger partial charge in [-0.25, -0.2) is 20.0 Å². The van der Waals surface area contributed by atoms with Crippen molar-refractivity contribution in [3.8, 4) is 0 Å². The van der Waals surface area contributed by atoms with Crippen molar-refractivity contribution in [2.75, 3.05) is 18.7 Å². The summed E-state index contributed by atoms with van der Waals surface area (Å²) in [6, 6.07) is 0. The quantitative estimate of drug-likeness (QED) is 0.118. The number of nitrogens with zero attached hydrogens (tertiary/aromatic N) is 5. The number of carbonyl (C=O) groups is 1. The number of fused-ring (bicyclic) bond motifs is 1. The number of esters is 1. The molecule has 0 aromatic carbocycles. The van der Waals surface area contributed by atoms with E-state index in [1.165, 1.54) is 6.33 Å². The summed E-state index contributed by atoms with van der Waals surface area (Å²) in [4.78, 5) is 25.0. The first-order valence-electron chi connectivity index (χ1n) is 11.8. The van der Waals surface area contributed by atoms with Gasteiger partial charge in [0.2, 0.25) is 0 Å². The van der Waals surface area contributed by atoms with Crippen LogP contribution in [-0.4, -0.2) is 55.8 Å². The van der Waals surface area contributed by atoms with E-state index in [-0.39, 0.29) is 12.2 Å². The zero-order valence-corrected chi connectivity index (χ0v) is 22.4. The van der Waals surface area contributed by atoms with Crippen molar-refractivity contribution in [3.05, 3.63) is 12.7 Å². The smallest absolute Gasteiger partial charge is 0.365 e. The number of rotatable bonds is 15. The molecule has 2 aromatic heterocycles. The van der Waals surface area contributed by atoms with Crippen LogP contribution in [0.5, 0.6) is 0 Å². The summed E-state index contributed by atoms with van der Waals surface area (Å²) in [5.41, 5.74) is 6.20. The minimum atomic E-state index is -3.73. The molecule has 0 radical (unpaired) electrons. The third-order valence-electron chi connectivity index (χ3n) is 4.96. The van der Waals surface area contributed by atoms with Crippen LogP contribution in [0.1, 0.15) is 67.2 Å². The molecule has 0 saturated carbocycles. The number of unbranched alkanes of at least 4 members (excludes halogenated alkanes) is 3. The van der Waals surface area contributed by atoms with Crippen LogP contribution in [0.25, 0.3) is 11.2 Å². The maximum absolute atomic E-state index is 13.6. The van der Waals surface area contributed by atoms with Gasteiger partial charge in [-0.2, -0.15) is 0 Å². The summed E-state index contributed by atoms with van der Waals surface area (Å²) in [6.45, 7) is 11.2. The van der Waals surface area contributed by atoms with Crippen LogP contribution in [0.4, 0.5) is 5.82 Å². The molecule has 2 rings (SSSR count). The Labute approximate surface area is 206 Å². The van der Waals surface area contributed by atoms with Crippen molar-refractivity contribution in [3.63, 3.8) is 0 Å². The van der Waals surface area contributed by atoms with E-state index in [1.807, 2.05) is 6.92 Å². The van der Waals surface area contributed by atoms with Crippen molar-refractivity contribution >= 4 is 36.2 Å². The lowest BCUT2D eigenvalue weighted by molar-refractivity contribution is -0.149. The lowest BCUT2D eigenvalue weighted by Gasteiger charge is -2.29. The highest BCUT2D eigenvalue weighted by Crippen LogP contribution is 2.45. The molecule has 0 aliphatic rings. The van der Waals surface area contributed by atoms with Gasteiger partial charge in [-0.15, -0.1) is 0 Å². The normalized spacial score (nSPS) is 14.3. The zero-order valence-electron chi connectivity index (χ0n) is 21.5. The Bertz CT molecular complexity index is 1050. The Kier molecular flexibility index (Phi) is 10.6. The molecule has 2 aromatic rings. The van der Waals surface area contributed by atoms with Crippen molar-refractivity contribution in [1.82, 2.24) is 24.6 Å². The average Bonchev–Trinajstić information content (AvgIpc) is 3.20. The minimum absolute atomic E-state index is 0.289. The zero-order chi connectivity index (χ0) is 26.1. The van der Waals surface area contributed by atoms with Crippen molar-refractivity contribution < 1.29 is 23.5 Å². The van der Waals surface area contributed by atoms with E-state index in [4.69, 9.17) is 19.8 Å². The first-order chi connectivity index (χ1) is 16.5. The second-order valence-electron chi connectivity index (χ2n) is 9.16. The number of aromatic nitrogens is 4. The fourth-order valence-electron chi connectivity index (χ4n) is 3.16. The number of hydrogen-bond donors (Lipinski definition) is 2. The maximum atomic E-state index is 13.6. The molecule has 196 valence electrons. The van der Waals surface area contributed by atoms with E-state index < -0.39 is 25.1 Å². The Hall–Kier alpha value is -2.56. The lowest BCUT2D eigenvalue weighted by atomic mass is 10.1. The van der Waals surface area contributed by atoms with Crippen molar-refractivity contribution in [2.24, 2.45) is 5.16 Å². The van der Waals surface area contributed by atoms with Gasteiger partial charge in [-0.3, -0.25) is 9.36 Å². The van der Waals surface area contributed by atoms with Crippen LogP contribution in [-0.2, 0) is 30.0 Å². The second-order valence-corrected chi connectivity index (χ2v) is 11.2. The van der Waals surface area contributed by atoms with Crippen molar-refractivity contribution in [1.29, 1.82) is 0 Å². The maximum Gasteiger partial charge on any atom is 0.365 e. The molecule has 12 nitrogen and oxygen atoms in total. The number of carbonyl (C=O) groups excluding carboxylic acids is 1. The highest BCUT2D eigenvalue weighted by atomic mass is 31.2. The van der Waals surface area contributed by atoms with Crippen LogP contribution in [0, 0.1) is 0 Å². The third-order valence-corrected chi connectivity index (χ3v) is 6.69.